The van der Waals surface area contributed by atoms with Crippen molar-refractivity contribution in [2.24, 2.45) is 0 Å². The van der Waals surface area contributed by atoms with Crippen LogP contribution >= 0.6 is 0 Å². The maximum absolute atomic E-state index is 13.7. The van der Waals surface area contributed by atoms with E-state index in [4.69, 9.17) is 4.74 Å². The van der Waals surface area contributed by atoms with Crippen molar-refractivity contribution >= 4 is 6.09 Å². The van der Waals surface area contributed by atoms with Gasteiger partial charge in [0.05, 0.1) is 6.54 Å². The summed E-state index contributed by atoms with van der Waals surface area (Å²) in [5.74, 6) is 0.552. The van der Waals surface area contributed by atoms with Crippen LogP contribution in [0.25, 0.3) is 0 Å². The van der Waals surface area contributed by atoms with Gasteiger partial charge in [-0.1, -0.05) is 30.3 Å². The number of alkyl carbamates (subject to hydrolysis) is 1. The Morgan fingerprint density at radius 2 is 1.87 bits per heavy atom. The minimum atomic E-state index is -4.35. The van der Waals surface area contributed by atoms with E-state index in [2.05, 4.69) is 10.3 Å². The predicted molar refractivity (Wildman–Crippen MR) is 110 cm³/mol. The zero-order chi connectivity index (χ0) is 22.6. The van der Waals surface area contributed by atoms with Gasteiger partial charge >= 0.3 is 12.3 Å². The zero-order valence-electron chi connectivity index (χ0n) is 18.0. The highest BCUT2D eigenvalue weighted by molar-refractivity contribution is 5.68. The van der Waals surface area contributed by atoms with Gasteiger partial charge in [-0.2, -0.15) is 13.2 Å². The molecule has 1 aliphatic heterocycles. The number of piperidine rings is 1. The van der Waals surface area contributed by atoms with Crippen molar-refractivity contribution in [2.75, 3.05) is 6.54 Å². The summed E-state index contributed by atoms with van der Waals surface area (Å²) in [7, 11) is 0. The molecule has 0 radical (unpaired) electrons. The molecule has 31 heavy (non-hydrogen) atoms. The first-order valence-corrected chi connectivity index (χ1v) is 10.4. The number of aromatic nitrogens is 2. The fourth-order valence-electron chi connectivity index (χ4n) is 3.78. The predicted octanol–water partition coefficient (Wildman–Crippen LogP) is 4.35. The van der Waals surface area contributed by atoms with Crippen molar-refractivity contribution in [3.8, 4) is 0 Å². The van der Waals surface area contributed by atoms with Crippen LogP contribution in [-0.2, 0) is 17.8 Å². The van der Waals surface area contributed by atoms with Gasteiger partial charge in [0, 0.05) is 31.5 Å². The van der Waals surface area contributed by atoms with E-state index < -0.39 is 30.0 Å². The summed E-state index contributed by atoms with van der Waals surface area (Å²) in [4.78, 5) is 17.8. The first-order chi connectivity index (χ1) is 14.5. The number of likely N-dealkylation sites (tertiary alicyclic amines) is 1. The Bertz CT molecular complexity index is 862. The molecular formula is C22H29F3N4O2. The number of benzene rings is 1. The largest absolute Gasteiger partial charge is 0.444 e. The standard InChI is InChI=1S/C22H29F3N4O2/c1-21(2,3)31-20(30)27-17-9-10-18(22(23,24)25)29(14-17)15-19-26-11-12-28(19)13-16-7-5-4-6-8-16/h4-8,11-12,17-18H,9-10,13-15H2,1-3H3,(H,27,30)/t17-,18+/m1/s1. The lowest BCUT2D eigenvalue weighted by Gasteiger charge is -2.40. The molecule has 1 aromatic heterocycles. The van der Waals surface area contributed by atoms with Gasteiger partial charge in [0.1, 0.15) is 17.5 Å². The number of halogens is 3. The molecule has 6 nitrogen and oxygen atoms in total. The van der Waals surface area contributed by atoms with Gasteiger partial charge in [-0.25, -0.2) is 9.78 Å². The fourth-order valence-corrected chi connectivity index (χ4v) is 3.78. The first-order valence-electron chi connectivity index (χ1n) is 10.4. The molecule has 9 heteroatoms. The monoisotopic (exact) mass is 438 g/mol. The third kappa shape index (κ3) is 6.72. The molecule has 0 bridgehead atoms. The van der Waals surface area contributed by atoms with Gasteiger partial charge in [-0.05, 0) is 39.2 Å². The lowest BCUT2D eigenvalue weighted by Crippen LogP contribution is -2.56. The van der Waals surface area contributed by atoms with Crippen molar-refractivity contribution in [1.82, 2.24) is 19.8 Å². The van der Waals surface area contributed by atoms with Gasteiger partial charge < -0.3 is 14.6 Å². The molecule has 2 atom stereocenters. The molecule has 1 saturated heterocycles. The minimum Gasteiger partial charge on any atom is -0.444 e. The van der Waals surface area contributed by atoms with Crippen LogP contribution in [0.3, 0.4) is 0 Å². The molecule has 3 rings (SSSR count). The van der Waals surface area contributed by atoms with Crippen molar-refractivity contribution in [2.45, 2.75) is 70.6 Å². The van der Waals surface area contributed by atoms with Crippen LogP contribution in [0.5, 0.6) is 0 Å². The molecule has 0 aliphatic carbocycles. The topological polar surface area (TPSA) is 59.4 Å². The molecule has 1 N–H and O–H groups in total. The van der Waals surface area contributed by atoms with Gasteiger partial charge in [0.25, 0.3) is 0 Å². The first kappa shape index (κ1) is 23.1. The minimum absolute atomic E-state index is 0.0382. The second-order valence-corrected chi connectivity index (χ2v) is 8.86. The lowest BCUT2D eigenvalue weighted by atomic mass is 9.97. The van der Waals surface area contributed by atoms with Crippen LogP contribution in [-0.4, -0.2) is 51.0 Å². The molecule has 2 aromatic rings. The summed E-state index contributed by atoms with van der Waals surface area (Å²) in [5.41, 5.74) is 0.368. The fraction of sp³-hybridized carbons (Fsp3) is 0.545. The summed E-state index contributed by atoms with van der Waals surface area (Å²) < 4.78 is 48.2. The summed E-state index contributed by atoms with van der Waals surface area (Å²) in [6.45, 7) is 5.86. The van der Waals surface area contributed by atoms with Crippen molar-refractivity contribution in [1.29, 1.82) is 0 Å². The Hall–Kier alpha value is -2.55. The highest BCUT2D eigenvalue weighted by Crippen LogP contribution is 2.33. The molecule has 0 unspecified atom stereocenters. The van der Waals surface area contributed by atoms with Gasteiger partial charge in [0.2, 0.25) is 0 Å². The molecule has 170 valence electrons. The number of ether oxygens (including phenoxy) is 1. The molecule has 2 heterocycles. The van der Waals surface area contributed by atoms with Crippen molar-refractivity contribution in [3.05, 3.63) is 54.1 Å². The molecule has 1 aromatic carbocycles. The van der Waals surface area contributed by atoms with Crippen LogP contribution in [0.15, 0.2) is 42.7 Å². The summed E-state index contributed by atoms with van der Waals surface area (Å²) >= 11 is 0. The van der Waals surface area contributed by atoms with Gasteiger partial charge in [0.15, 0.2) is 0 Å². The maximum Gasteiger partial charge on any atom is 0.407 e. The van der Waals surface area contributed by atoms with Crippen molar-refractivity contribution in [3.63, 3.8) is 0 Å². The van der Waals surface area contributed by atoms with Crippen LogP contribution in [0.2, 0.25) is 0 Å². The Morgan fingerprint density at radius 1 is 1.16 bits per heavy atom. The van der Waals surface area contributed by atoms with Gasteiger partial charge in [-0.3, -0.25) is 4.90 Å². The number of rotatable bonds is 5. The number of amides is 1. The molecular weight excluding hydrogens is 409 g/mol. The summed E-state index contributed by atoms with van der Waals surface area (Å²) in [5, 5.41) is 2.71. The summed E-state index contributed by atoms with van der Waals surface area (Å²) in [6, 6.07) is 7.68. The molecule has 1 aliphatic rings. The number of hydrogen-bond donors (Lipinski definition) is 1. The van der Waals surface area contributed by atoms with E-state index in [1.54, 1.807) is 33.2 Å². The van der Waals surface area contributed by atoms with Crippen LogP contribution in [0.4, 0.5) is 18.0 Å². The smallest absolute Gasteiger partial charge is 0.407 e. The van der Waals surface area contributed by atoms with E-state index in [1.807, 2.05) is 34.9 Å². The lowest BCUT2D eigenvalue weighted by molar-refractivity contribution is -0.194. The van der Waals surface area contributed by atoms with E-state index >= 15 is 0 Å². The Kier molecular flexibility index (Phi) is 6.93. The average Bonchev–Trinajstić information content (AvgIpc) is 3.07. The van der Waals surface area contributed by atoms with Crippen LogP contribution in [0, 0.1) is 0 Å². The van der Waals surface area contributed by atoms with Gasteiger partial charge in [-0.15, -0.1) is 0 Å². The molecule has 1 fully saturated rings. The highest BCUT2D eigenvalue weighted by Gasteiger charge is 2.46. The number of nitrogens with one attached hydrogen (secondary N) is 1. The molecule has 0 spiro atoms. The Balaban J connectivity index is 1.72. The number of alkyl halides is 3. The van der Waals surface area contributed by atoms with E-state index in [9.17, 15) is 18.0 Å². The van der Waals surface area contributed by atoms with Crippen LogP contribution in [0.1, 0.15) is 45.0 Å². The second kappa shape index (κ2) is 9.30. The van der Waals surface area contributed by atoms with E-state index in [1.165, 1.54) is 4.90 Å². The quantitative estimate of drug-likeness (QED) is 0.754. The SMILES string of the molecule is CC(C)(C)OC(=O)N[C@@H]1CC[C@@H](C(F)(F)F)N(Cc2nccn2Cc2ccccc2)C1. The van der Waals surface area contributed by atoms with E-state index in [0.717, 1.165) is 5.56 Å². The highest BCUT2D eigenvalue weighted by atomic mass is 19.4. The maximum atomic E-state index is 13.7. The Morgan fingerprint density at radius 3 is 2.52 bits per heavy atom. The summed E-state index contributed by atoms with van der Waals surface area (Å²) in [6.07, 6.45) is -1.46. The van der Waals surface area contributed by atoms with Crippen molar-refractivity contribution < 1.29 is 22.7 Å². The molecule has 0 saturated carbocycles. The number of hydrogen-bond acceptors (Lipinski definition) is 4. The van der Waals surface area contributed by atoms with E-state index in [0.29, 0.717) is 12.4 Å². The third-order valence-electron chi connectivity index (χ3n) is 5.12. The number of nitrogens with zero attached hydrogens (tertiary/aromatic N) is 3. The number of carbonyl (C=O) groups is 1. The average molecular weight is 438 g/mol. The molecule has 1 amide bonds. The Labute approximate surface area is 180 Å². The van der Waals surface area contributed by atoms with Crippen LogP contribution < -0.4 is 5.32 Å². The normalized spacial score (nSPS) is 20.5. The number of imidazole rings is 1. The van der Waals surface area contributed by atoms with E-state index in [-0.39, 0.29) is 25.9 Å². The third-order valence-corrected chi connectivity index (χ3v) is 5.12. The zero-order valence-corrected chi connectivity index (χ0v) is 18.0. The number of carbonyl (C=O) groups excluding carboxylic acids is 1. The second-order valence-electron chi connectivity index (χ2n) is 8.86.